The molecule has 0 bridgehead atoms. The Hall–Kier alpha value is 0.571. The molecule has 0 amide bonds. The summed E-state index contributed by atoms with van der Waals surface area (Å²) in [5.41, 5.74) is 0.907. The van der Waals surface area contributed by atoms with Crippen LogP contribution in [0, 0.1) is 0 Å². The van der Waals surface area contributed by atoms with Gasteiger partial charge in [-0.1, -0.05) is 39.7 Å². The lowest BCUT2D eigenvalue weighted by molar-refractivity contribution is 0.479. The molecule has 1 unspecified atom stereocenters. The average molecular weight is 223 g/mol. The van der Waals surface area contributed by atoms with E-state index in [4.69, 9.17) is 8.23 Å². The standard InChI is InChI=1S/C7H22O2Si3/c1-4-6-7(5-2)11-9-12-8-10-3/h7H,4-6,10-12H2,1-3H3. The Labute approximate surface area is 83.4 Å². The van der Waals surface area contributed by atoms with Crippen molar-refractivity contribution >= 4 is 29.5 Å². The van der Waals surface area contributed by atoms with Gasteiger partial charge in [0.15, 0.2) is 9.76 Å². The summed E-state index contributed by atoms with van der Waals surface area (Å²) < 4.78 is 11.1. The Morgan fingerprint density at radius 1 is 1.25 bits per heavy atom. The summed E-state index contributed by atoms with van der Waals surface area (Å²) in [5, 5.41) is 0. The Balaban J connectivity index is 3.19. The number of rotatable bonds is 8. The van der Waals surface area contributed by atoms with Crippen LogP contribution in [0.1, 0.15) is 33.1 Å². The predicted molar refractivity (Wildman–Crippen MR) is 62.6 cm³/mol. The van der Waals surface area contributed by atoms with Gasteiger partial charge in [-0.3, -0.25) is 0 Å². The van der Waals surface area contributed by atoms with Crippen molar-refractivity contribution in [3.63, 3.8) is 0 Å². The third kappa shape index (κ3) is 7.23. The molecule has 0 aromatic heterocycles. The van der Waals surface area contributed by atoms with Crippen LogP contribution in [0.4, 0.5) is 0 Å². The minimum atomic E-state index is -0.534. The third-order valence-electron chi connectivity index (χ3n) is 2.00. The number of hydrogen-bond donors (Lipinski definition) is 0. The molecule has 0 fully saturated rings. The first-order valence-corrected chi connectivity index (χ1v) is 9.54. The SMILES string of the molecule is CCCC(CC)[SiH2]O[SiH2]O[SiH2]C. The van der Waals surface area contributed by atoms with Crippen LogP contribution < -0.4 is 0 Å². The van der Waals surface area contributed by atoms with Gasteiger partial charge >= 0.3 is 0 Å². The normalized spacial score (nSPS) is 16.2. The molecule has 0 heterocycles. The van der Waals surface area contributed by atoms with Gasteiger partial charge in [-0.25, -0.2) is 0 Å². The molecule has 0 aliphatic carbocycles. The van der Waals surface area contributed by atoms with E-state index in [0.29, 0.717) is 0 Å². The van der Waals surface area contributed by atoms with Crippen molar-refractivity contribution < 1.29 is 8.23 Å². The zero-order valence-corrected chi connectivity index (χ0v) is 12.9. The summed E-state index contributed by atoms with van der Waals surface area (Å²) in [4.78, 5) is 0. The molecule has 0 rings (SSSR count). The van der Waals surface area contributed by atoms with E-state index in [2.05, 4.69) is 20.4 Å². The lowest BCUT2D eigenvalue weighted by atomic mass is 10.2. The lowest BCUT2D eigenvalue weighted by Crippen LogP contribution is -2.13. The van der Waals surface area contributed by atoms with Crippen LogP contribution in [0.15, 0.2) is 0 Å². The summed E-state index contributed by atoms with van der Waals surface area (Å²) in [6, 6.07) is 0. The van der Waals surface area contributed by atoms with Gasteiger partial charge in [-0.05, 0) is 5.54 Å². The van der Waals surface area contributed by atoms with Gasteiger partial charge in [0.05, 0.1) is 0 Å². The van der Waals surface area contributed by atoms with Gasteiger partial charge in [0.1, 0.15) is 9.76 Å². The molecule has 0 aromatic rings. The molecule has 2 nitrogen and oxygen atoms in total. The third-order valence-corrected chi connectivity index (χ3v) is 7.36. The van der Waals surface area contributed by atoms with Crippen LogP contribution in [0.2, 0.25) is 12.1 Å². The number of hydrogen-bond acceptors (Lipinski definition) is 2. The molecule has 12 heavy (non-hydrogen) atoms. The van der Waals surface area contributed by atoms with E-state index in [1.54, 1.807) is 0 Å². The topological polar surface area (TPSA) is 18.5 Å². The fourth-order valence-electron chi connectivity index (χ4n) is 1.17. The smallest absolute Gasteiger partial charge is 0.283 e. The minimum absolute atomic E-state index is 0.190. The van der Waals surface area contributed by atoms with Crippen LogP contribution in [0.5, 0.6) is 0 Å². The van der Waals surface area contributed by atoms with Crippen molar-refractivity contribution in [1.29, 1.82) is 0 Å². The highest BCUT2D eigenvalue weighted by Crippen LogP contribution is 2.15. The van der Waals surface area contributed by atoms with Gasteiger partial charge in [0, 0.05) is 0 Å². The molecule has 0 aliphatic rings. The molecule has 0 aromatic carbocycles. The highest BCUT2D eigenvalue weighted by molar-refractivity contribution is 6.45. The van der Waals surface area contributed by atoms with Crippen molar-refractivity contribution in [2.24, 2.45) is 0 Å². The van der Waals surface area contributed by atoms with Gasteiger partial charge in [-0.15, -0.1) is 0 Å². The van der Waals surface area contributed by atoms with Crippen LogP contribution in [-0.2, 0) is 8.23 Å². The fourth-order valence-corrected chi connectivity index (χ4v) is 5.90. The van der Waals surface area contributed by atoms with Gasteiger partial charge in [0.25, 0.3) is 10.0 Å². The van der Waals surface area contributed by atoms with Crippen LogP contribution in [0.3, 0.4) is 0 Å². The molecular formula is C7H22O2Si3. The molecule has 0 aliphatic heterocycles. The van der Waals surface area contributed by atoms with Gasteiger partial charge < -0.3 is 8.23 Å². The molecular weight excluding hydrogens is 200 g/mol. The maximum Gasteiger partial charge on any atom is 0.283 e. The van der Waals surface area contributed by atoms with Gasteiger partial charge in [-0.2, -0.15) is 0 Å². The minimum Gasteiger partial charge on any atom is -0.447 e. The second-order valence-corrected chi connectivity index (χ2v) is 8.61. The zero-order valence-electron chi connectivity index (χ0n) is 8.64. The summed E-state index contributed by atoms with van der Waals surface area (Å²) in [5.74, 6) is 0. The fraction of sp³-hybridized carbons (Fsp3) is 1.00. The van der Waals surface area contributed by atoms with E-state index in [0.717, 1.165) is 5.54 Å². The van der Waals surface area contributed by atoms with Gasteiger partial charge in [0.2, 0.25) is 0 Å². The van der Waals surface area contributed by atoms with E-state index in [9.17, 15) is 0 Å². The van der Waals surface area contributed by atoms with Crippen LogP contribution >= 0.6 is 0 Å². The van der Waals surface area contributed by atoms with Crippen molar-refractivity contribution in [3.8, 4) is 0 Å². The van der Waals surface area contributed by atoms with Crippen molar-refractivity contribution in [3.05, 3.63) is 0 Å². The molecule has 0 spiro atoms. The van der Waals surface area contributed by atoms with Crippen LogP contribution in [0.25, 0.3) is 0 Å². The molecule has 74 valence electrons. The van der Waals surface area contributed by atoms with E-state index in [-0.39, 0.29) is 19.5 Å². The highest BCUT2D eigenvalue weighted by atomic mass is 28.4. The van der Waals surface area contributed by atoms with E-state index < -0.39 is 10.0 Å². The summed E-state index contributed by atoms with van der Waals surface area (Å²) in [7, 11) is -0.971. The monoisotopic (exact) mass is 222 g/mol. The van der Waals surface area contributed by atoms with Crippen molar-refractivity contribution in [2.45, 2.75) is 45.2 Å². The Kier molecular flexibility index (Phi) is 10.1. The second kappa shape index (κ2) is 9.66. The first-order chi connectivity index (χ1) is 5.85. The summed E-state index contributed by atoms with van der Waals surface area (Å²) >= 11 is 0. The first kappa shape index (κ1) is 12.6. The summed E-state index contributed by atoms with van der Waals surface area (Å²) in [6.45, 7) is 6.69. The molecule has 1 atom stereocenters. The van der Waals surface area contributed by atoms with Crippen LogP contribution in [-0.4, -0.2) is 29.5 Å². The highest BCUT2D eigenvalue weighted by Gasteiger charge is 2.05. The second-order valence-electron chi connectivity index (χ2n) is 3.04. The molecule has 0 saturated heterocycles. The van der Waals surface area contributed by atoms with E-state index >= 15 is 0 Å². The summed E-state index contributed by atoms with van der Waals surface area (Å²) in [6.07, 6.45) is 3.97. The van der Waals surface area contributed by atoms with E-state index in [1.165, 1.54) is 19.3 Å². The lowest BCUT2D eigenvalue weighted by Gasteiger charge is -2.12. The van der Waals surface area contributed by atoms with E-state index in [1.807, 2.05) is 0 Å². The Morgan fingerprint density at radius 2 is 2.00 bits per heavy atom. The first-order valence-electron chi connectivity index (χ1n) is 5.00. The quantitative estimate of drug-likeness (QED) is 0.432. The Bertz CT molecular complexity index is 92.7. The molecule has 0 radical (unpaired) electrons. The molecule has 0 saturated carbocycles. The zero-order chi connectivity index (χ0) is 9.23. The molecule has 5 heteroatoms. The van der Waals surface area contributed by atoms with Crippen molar-refractivity contribution in [1.82, 2.24) is 0 Å². The Morgan fingerprint density at radius 3 is 2.50 bits per heavy atom. The largest absolute Gasteiger partial charge is 0.447 e. The maximum absolute atomic E-state index is 5.67. The predicted octanol–water partition coefficient (Wildman–Crippen LogP) is 0.233. The van der Waals surface area contributed by atoms with Crippen molar-refractivity contribution in [2.75, 3.05) is 0 Å². The average Bonchev–Trinajstić information content (AvgIpc) is 2.10. The molecule has 0 N–H and O–H groups in total. The maximum atomic E-state index is 5.67.